The molecule has 3 aromatic rings. The summed E-state index contributed by atoms with van der Waals surface area (Å²) >= 11 is 5.43. The molecule has 5 heteroatoms. The van der Waals surface area contributed by atoms with Crippen molar-refractivity contribution in [1.29, 1.82) is 0 Å². The lowest BCUT2D eigenvalue weighted by Gasteiger charge is -2.21. The van der Waals surface area contributed by atoms with Crippen molar-refractivity contribution in [1.82, 2.24) is 4.90 Å². The monoisotopic (exact) mass is 366 g/mol. The zero-order chi connectivity index (χ0) is 18.4. The summed E-state index contributed by atoms with van der Waals surface area (Å²) in [5.74, 6) is 1.31. The van der Waals surface area contributed by atoms with Gasteiger partial charge in [0, 0.05) is 19.3 Å². The molecule has 0 saturated heterocycles. The minimum absolute atomic E-state index is 0.241. The highest BCUT2D eigenvalue weighted by Crippen LogP contribution is 2.22. The van der Waals surface area contributed by atoms with E-state index in [4.69, 9.17) is 17.0 Å². The van der Waals surface area contributed by atoms with Crippen LogP contribution in [-0.4, -0.2) is 17.1 Å². The molecule has 0 aliphatic rings. The van der Waals surface area contributed by atoms with Crippen molar-refractivity contribution < 1.29 is 9.13 Å². The molecule has 1 N–H and O–H groups in total. The van der Waals surface area contributed by atoms with E-state index in [0.29, 0.717) is 11.7 Å². The van der Waals surface area contributed by atoms with Crippen LogP contribution in [0.4, 0.5) is 10.1 Å². The first kappa shape index (κ1) is 17.9. The fraction of sp³-hybridized carbons (Fsp3) is 0.0952. The average Bonchev–Trinajstić information content (AvgIpc) is 2.66. The molecule has 0 heterocycles. The number of rotatable bonds is 5. The summed E-state index contributed by atoms with van der Waals surface area (Å²) in [4.78, 5) is 1.90. The fourth-order valence-electron chi connectivity index (χ4n) is 2.39. The Kier molecular flexibility index (Phi) is 5.81. The van der Waals surface area contributed by atoms with Gasteiger partial charge in [-0.05, 0) is 66.3 Å². The first-order valence-corrected chi connectivity index (χ1v) is 8.60. The van der Waals surface area contributed by atoms with Gasteiger partial charge >= 0.3 is 0 Å². The highest BCUT2D eigenvalue weighted by molar-refractivity contribution is 7.80. The summed E-state index contributed by atoms with van der Waals surface area (Å²) in [6.45, 7) is 0.599. The first-order valence-electron chi connectivity index (χ1n) is 8.20. The summed E-state index contributed by atoms with van der Waals surface area (Å²) in [5, 5.41) is 3.78. The SMILES string of the molecule is CN(Cc1ccc(F)cc1)C(=S)Nc1ccc(Oc2ccccc2)cc1. The lowest BCUT2D eigenvalue weighted by molar-refractivity contribution is 0.483. The number of anilines is 1. The van der Waals surface area contributed by atoms with Gasteiger partial charge in [0.2, 0.25) is 0 Å². The van der Waals surface area contributed by atoms with Crippen molar-refractivity contribution in [2.24, 2.45) is 0 Å². The van der Waals surface area contributed by atoms with Crippen molar-refractivity contribution in [3.05, 3.63) is 90.2 Å². The highest BCUT2D eigenvalue weighted by Gasteiger charge is 2.06. The van der Waals surface area contributed by atoms with E-state index in [1.165, 1.54) is 12.1 Å². The summed E-state index contributed by atoms with van der Waals surface area (Å²) < 4.78 is 18.8. The zero-order valence-electron chi connectivity index (χ0n) is 14.4. The molecule has 3 rings (SSSR count). The summed E-state index contributed by atoms with van der Waals surface area (Å²) in [5.41, 5.74) is 1.87. The van der Waals surface area contributed by atoms with Crippen molar-refractivity contribution in [3.63, 3.8) is 0 Å². The topological polar surface area (TPSA) is 24.5 Å². The Labute approximate surface area is 158 Å². The molecule has 0 atom stereocenters. The molecule has 3 aromatic carbocycles. The zero-order valence-corrected chi connectivity index (χ0v) is 15.2. The van der Waals surface area contributed by atoms with Gasteiger partial charge in [0.1, 0.15) is 17.3 Å². The van der Waals surface area contributed by atoms with Gasteiger partial charge in [-0.15, -0.1) is 0 Å². The maximum Gasteiger partial charge on any atom is 0.173 e. The molecule has 0 fully saturated rings. The lowest BCUT2D eigenvalue weighted by Crippen LogP contribution is -2.30. The van der Waals surface area contributed by atoms with Gasteiger partial charge in [-0.2, -0.15) is 0 Å². The highest BCUT2D eigenvalue weighted by atomic mass is 32.1. The van der Waals surface area contributed by atoms with E-state index >= 15 is 0 Å². The quantitative estimate of drug-likeness (QED) is 0.607. The Balaban J connectivity index is 1.56. The normalized spacial score (nSPS) is 10.2. The molecular formula is C21H19FN2OS. The molecule has 0 amide bonds. The molecular weight excluding hydrogens is 347 g/mol. The second kappa shape index (κ2) is 8.45. The fourth-order valence-corrected chi connectivity index (χ4v) is 2.57. The smallest absolute Gasteiger partial charge is 0.173 e. The maximum atomic E-state index is 13.0. The third-order valence-electron chi connectivity index (χ3n) is 3.76. The number of thiocarbonyl (C=S) groups is 1. The summed E-state index contributed by atoms with van der Waals surface area (Å²) in [7, 11) is 1.89. The van der Waals surface area contributed by atoms with E-state index in [-0.39, 0.29) is 5.82 Å². The van der Waals surface area contributed by atoms with Crippen molar-refractivity contribution in [2.75, 3.05) is 12.4 Å². The maximum absolute atomic E-state index is 13.0. The van der Waals surface area contributed by atoms with Gasteiger partial charge in [0.15, 0.2) is 5.11 Å². The minimum Gasteiger partial charge on any atom is -0.457 e. The Morgan fingerprint density at radius 2 is 1.54 bits per heavy atom. The van der Waals surface area contributed by atoms with Gasteiger partial charge < -0.3 is 15.0 Å². The van der Waals surface area contributed by atoms with Crippen LogP contribution in [0.5, 0.6) is 11.5 Å². The second-order valence-corrected chi connectivity index (χ2v) is 6.24. The predicted molar refractivity (Wildman–Crippen MR) is 107 cm³/mol. The third-order valence-corrected chi connectivity index (χ3v) is 4.18. The van der Waals surface area contributed by atoms with Gasteiger partial charge in [-0.1, -0.05) is 30.3 Å². The van der Waals surface area contributed by atoms with Crippen molar-refractivity contribution in [3.8, 4) is 11.5 Å². The summed E-state index contributed by atoms with van der Waals surface area (Å²) in [6.07, 6.45) is 0. The van der Waals surface area contributed by atoms with Crippen molar-refractivity contribution in [2.45, 2.75) is 6.54 Å². The standard InChI is InChI=1S/C21H19FN2OS/c1-24(15-16-7-9-17(22)10-8-16)21(26)23-18-11-13-20(14-12-18)25-19-5-3-2-4-6-19/h2-14H,15H2,1H3,(H,23,26). The molecule has 0 aromatic heterocycles. The molecule has 3 nitrogen and oxygen atoms in total. The van der Waals surface area contributed by atoms with Crippen LogP contribution in [0, 0.1) is 5.82 Å². The van der Waals surface area contributed by atoms with E-state index in [9.17, 15) is 4.39 Å². The van der Waals surface area contributed by atoms with Gasteiger partial charge in [0.05, 0.1) is 0 Å². The third kappa shape index (κ3) is 5.04. The first-order chi connectivity index (χ1) is 12.6. The molecule has 0 radical (unpaired) electrons. The Hall–Kier alpha value is -2.92. The van der Waals surface area contributed by atoms with E-state index in [0.717, 1.165) is 22.7 Å². The van der Waals surface area contributed by atoms with Gasteiger partial charge in [-0.25, -0.2) is 4.39 Å². The van der Waals surface area contributed by atoms with E-state index < -0.39 is 0 Å². The van der Waals surface area contributed by atoms with Crippen LogP contribution in [0.25, 0.3) is 0 Å². The van der Waals surface area contributed by atoms with Crippen LogP contribution < -0.4 is 10.1 Å². The van der Waals surface area contributed by atoms with Gasteiger partial charge in [-0.3, -0.25) is 0 Å². The molecule has 0 aliphatic heterocycles. The summed E-state index contributed by atoms with van der Waals surface area (Å²) in [6, 6.07) is 23.6. The van der Waals surface area contributed by atoms with Crippen LogP contribution in [0.15, 0.2) is 78.9 Å². The number of benzene rings is 3. The van der Waals surface area contributed by atoms with Crippen LogP contribution in [0.1, 0.15) is 5.56 Å². The predicted octanol–water partition coefficient (Wildman–Crippen LogP) is 5.45. The number of halogens is 1. The molecule has 0 unspecified atom stereocenters. The number of ether oxygens (including phenoxy) is 1. The molecule has 0 spiro atoms. The molecule has 0 bridgehead atoms. The molecule has 132 valence electrons. The van der Waals surface area contributed by atoms with Crippen LogP contribution in [0.2, 0.25) is 0 Å². The number of nitrogens with one attached hydrogen (secondary N) is 1. The Bertz CT molecular complexity index is 851. The number of hydrogen-bond donors (Lipinski definition) is 1. The minimum atomic E-state index is -0.241. The van der Waals surface area contributed by atoms with Crippen LogP contribution >= 0.6 is 12.2 Å². The molecule has 0 saturated carbocycles. The van der Waals surface area contributed by atoms with E-state index in [2.05, 4.69) is 5.32 Å². The second-order valence-electron chi connectivity index (χ2n) is 5.85. The number of nitrogens with zero attached hydrogens (tertiary/aromatic N) is 1. The Morgan fingerprint density at radius 1 is 0.923 bits per heavy atom. The molecule has 26 heavy (non-hydrogen) atoms. The van der Waals surface area contributed by atoms with Crippen LogP contribution in [-0.2, 0) is 6.54 Å². The Morgan fingerprint density at radius 3 is 2.19 bits per heavy atom. The molecule has 0 aliphatic carbocycles. The van der Waals surface area contributed by atoms with E-state index in [1.807, 2.05) is 66.5 Å². The van der Waals surface area contributed by atoms with Crippen molar-refractivity contribution >= 4 is 23.0 Å². The van der Waals surface area contributed by atoms with E-state index in [1.54, 1.807) is 12.1 Å². The van der Waals surface area contributed by atoms with Crippen LogP contribution in [0.3, 0.4) is 0 Å². The lowest BCUT2D eigenvalue weighted by atomic mass is 10.2. The number of hydrogen-bond acceptors (Lipinski definition) is 2. The number of para-hydroxylation sites is 1. The van der Waals surface area contributed by atoms with Gasteiger partial charge in [0.25, 0.3) is 0 Å². The average molecular weight is 366 g/mol. The largest absolute Gasteiger partial charge is 0.457 e.